The van der Waals surface area contributed by atoms with Crippen molar-refractivity contribution >= 4 is 23.1 Å². The monoisotopic (exact) mass is 295 g/mol. The average molecular weight is 295 g/mol. The van der Waals surface area contributed by atoms with E-state index in [0.717, 1.165) is 10.6 Å². The Labute approximate surface area is 121 Å². The number of rotatable bonds is 8. The normalized spacial score (nSPS) is 10.7. The Morgan fingerprint density at radius 3 is 3.05 bits per heavy atom. The second-order valence-electron chi connectivity index (χ2n) is 3.94. The van der Waals surface area contributed by atoms with Gasteiger partial charge in [0.2, 0.25) is 0 Å². The standard InChI is InChI=1S/C13H17N3O3S/c1-2-18-5-6-19-9-13(17)14-12-8-10(15-16-12)11-4-3-7-20-11/h3-4,7-8H,2,5-6,9H2,1H3,(H2,14,15,16,17). The lowest BCUT2D eigenvalue weighted by Crippen LogP contribution is -2.20. The largest absolute Gasteiger partial charge is 0.379 e. The topological polar surface area (TPSA) is 76.2 Å². The molecule has 2 N–H and O–H groups in total. The van der Waals surface area contributed by atoms with Crippen molar-refractivity contribution in [3.63, 3.8) is 0 Å². The second kappa shape index (κ2) is 7.78. The van der Waals surface area contributed by atoms with Gasteiger partial charge < -0.3 is 14.8 Å². The molecule has 0 aromatic carbocycles. The fourth-order valence-corrected chi connectivity index (χ4v) is 2.24. The molecule has 0 saturated carbocycles. The van der Waals surface area contributed by atoms with Crippen molar-refractivity contribution in [3.8, 4) is 10.6 Å². The minimum absolute atomic E-state index is 0.00568. The SMILES string of the molecule is CCOCCOCC(=O)Nc1cc(-c2cccs2)[nH]n1. The number of hydrogen-bond donors (Lipinski definition) is 2. The highest BCUT2D eigenvalue weighted by Crippen LogP contribution is 2.24. The van der Waals surface area contributed by atoms with Crippen LogP contribution in [0.3, 0.4) is 0 Å². The Hall–Kier alpha value is -1.70. The summed E-state index contributed by atoms with van der Waals surface area (Å²) in [4.78, 5) is 12.7. The lowest BCUT2D eigenvalue weighted by atomic mass is 10.3. The van der Waals surface area contributed by atoms with Gasteiger partial charge in [-0.25, -0.2) is 0 Å². The first-order chi connectivity index (χ1) is 9.79. The number of carbonyl (C=O) groups excluding carboxylic acids is 1. The molecule has 0 radical (unpaired) electrons. The van der Waals surface area contributed by atoms with Crippen LogP contribution < -0.4 is 5.32 Å². The molecule has 0 fully saturated rings. The summed E-state index contributed by atoms with van der Waals surface area (Å²) < 4.78 is 10.3. The number of H-pyrrole nitrogens is 1. The predicted molar refractivity (Wildman–Crippen MR) is 77.8 cm³/mol. The maximum absolute atomic E-state index is 11.6. The Kier molecular flexibility index (Phi) is 5.72. The molecule has 0 aliphatic rings. The third-order valence-electron chi connectivity index (χ3n) is 2.44. The molecule has 0 spiro atoms. The fourth-order valence-electron chi connectivity index (χ4n) is 1.55. The zero-order valence-corrected chi connectivity index (χ0v) is 12.0. The minimum Gasteiger partial charge on any atom is -0.379 e. The van der Waals surface area contributed by atoms with Gasteiger partial charge in [-0.05, 0) is 18.4 Å². The summed E-state index contributed by atoms with van der Waals surface area (Å²) in [5.74, 6) is 0.262. The van der Waals surface area contributed by atoms with Crippen molar-refractivity contribution in [2.45, 2.75) is 6.92 Å². The van der Waals surface area contributed by atoms with Gasteiger partial charge in [-0.1, -0.05) is 6.07 Å². The van der Waals surface area contributed by atoms with Crippen LogP contribution in [0.5, 0.6) is 0 Å². The van der Waals surface area contributed by atoms with Crippen molar-refractivity contribution in [2.24, 2.45) is 0 Å². The van der Waals surface area contributed by atoms with E-state index in [1.807, 2.05) is 24.4 Å². The molecule has 0 aliphatic heterocycles. The van der Waals surface area contributed by atoms with Crippen LogP contribution in [0.1, 0.15) is 6.92 Å². The minimum atomic E-state index is -0.231. The maximum Gasteiger partial charge on any atom is 0.251 e. The summed E-state index contributed by atoms with van der Waals surface area (Å²) in [5.41, 5.74) is 0.882. The number of ether oxygens (including phenoxy) is 2. The van der Waals surface area contributed by atoms with E-state index < -0.39 is 0 Å². The zero-order chi connectivity index (χ0) is 14.2. The van der Waals surface area contributed by atoms with Crippen molar-refractivity contribution in [1.29, 1.82) is 0 Å². The summed E-state index contributed by atoms with van der Waals surface area (Å²) in [6.45, 7) is 3.45. The molecular formula is C13H17N3O3S. The number of aromatic amines is 1. The van der Waals surface area contributed by atoms with Crippen LogP contribution in [-0.4, -0.2) is 42.5 Å². The third kappa shape index (κ3) is 4.44. The Morgan fingerprint density at radius 1 is 1.45 bits per heavy atom. The van der Waals surface area contributed by atoms with Crippen LogP contribution >= 0.6 is 11.3 Å². The molecule has 0 unspecified atom stereocenters. The van der Waals surface area contributed by atoms with Crippen LogP contribution in [0.2, 0.25) is 0 Å². The van der Waals surface area contributed by atoms with Gasteiger partial charge in [-0.3, -0.25) is 9.89 Å². The molecule has 0 saturated heterocycles. The molecule has 108 valence electrons. The molecule has 2 aromatic heterocycles. The first kappa shape index (κ1) is 14.7. The number of carbonyl (C=O) groups is 1. The van der Waals surface area contributed by atoms with E-state index in [9.17, 15) is 4.79 Å². The van der Waals surface area contributed by atoms with E-state index in [1.54, 1.807) is 17.4 Å². The highest BCUT2D eigenvalue weighted by atomic mass is 32.1. The van der Waals surface area contributed by atoms with Gasteiger partial charge >= 0.3 is 0 Å². The number of anilines is 1. The Bertz CT molecular complexity index is 525. The Morgan fingerprint density at radius 2 is 2.30 bits per heavy atom. The number of thiophene rings is 1. The molecule has 6 nitrogen and oxygen atoms in total. The molecule has 0 atom stereocenters. The lowest BCUT2D eigenvalue weighted by Gasteiger charge is -2.04. The van der Waals surface area contributed by atoms with Gasteiger partial charge in [0.15, 0.2) is 5.82 Å². The maximum atomic E-state index is 11.6. The fraction of sp³-hybridized carbons (Fsp3) is 0.385. The van der Waals surface area contributed by atoms with Crippen LogP contribution in [-0.2, 0) is 14.3 Å². The quantitative estimate of drug-likeness (QED) is 0.731. The molecule has 2 rings (SSSR count). The van der Waals surface area contributed by atoms with E-state index in [4.69, 9.17) is 9.47 Å². The van der Waals surface area contributed by atoms with E-state index in [-0.39, 0.29) is 12.5 Å². The molecule has 1 amide bonds. The lowest BCUT2D eigenvalue weighted by molar-refractivity contribution is -0.121. The van der Waals surface area contributed by atoms with Gasteiger partial charge in [0.25, 0.3) is 5.91 Å². The summed E-state index contributed by atoms with van der Waals surface area (Å²) in [5, 5.41) is 11.6. The van der Waals surface area contributed by atoms with E-state index in [0.29, 0.717) is 25.6 Å². The molecule has 2 aromatic rings. The van der Waals surface area contributed by atoms with Crippen LogP contribution in [0.25, 0.3) is 10.6 Å². The van der Waals surface area contributed by atoms with Gasteiger partial charge in [-0.2, -0.15) is 5.10 Å². The van der Waals surface area contributed by atoms with Gasteiger partial charge in [0, 0.05) is 12.7 Å². The van der Waals surface area contributed by atoms with Crippen LogP contribution in [0.4, 0.5) is 5.82 Å². The highest BCUT2D eigenvalue weighted by Gasteiger charge is 2.07. The number of nitrogens with one attached hydrogen (secondary N) is 2. The number of aromatic nitrogens is 2. The first-order valence-electron chi connectivity index (χ1n) is 6.34. The zero-order valence-electron chi connectivity index (χ0n) is 11.2. The number of nitrogens with zero attached hydrogens (tertiary/aromatic N) is 1. The number of hydrogen-bond acceptors (Lipinski definition) is 5. The molecule has 20 heavy (non-hydrogen) atoms. The smallest absolute Gasteiger partial charge is 0.251 e. The van der Waals surface area contributed by atoms with E-state index in [2.05, 4.69) is 15.5 Å². The highest BCUT2D eigenvalue weighted by molar-refractivity contribution is 7.13. The molecule has 2 heterocycles. The summed E-state index contributed by atoms with van der Waals surface area (Å²) in [6, 6.07) is 5.75. The average Bonchev–Trinajstić information content (AvgIpc) is 3.08. The summed E-state index contributed by atoms with van der Waals surface area (Å²) in [6.07, 6.45) is 0. The van der Waals surface area contributed by atoms with E-state index in [1.165, 1.54) is 0 Å². The van der Waals surface area contributed by atoms with E-state index >= 15 is 0 Å². The van der Waals surface area contributed by atoms with Gasteiger partial charge in [-0.15, -0.1) is 11.3 Å². The van der Waals surface area contributed by atoms with Crippen molar-refractivity contribution in [2.75, 3.05) is 31.7 Å². The molecule has 0 bridgehead atoms. The molecule has 7 heteroatoms. The number of amides is 1. The van der Waals surface area contributed by atoms with Crippen molar-refractivity contribution in [3.05, 3.63) is 23.6 Å². The van der Waals surface area contributed by atoms with Gasteiger partial charge in [0.05, 0.1) is 23.8 Å². The third-order valence-corrected chi connectivity index (χ3v) is 3.34. The summed E-state index contributed by atoms with van der Waals surface area (Å²) in [7, 11) is 0. The first-order valence-corrected chi connectivity index (χ1v) is 7.22. The van der Waals surface area contributed by atoms with Crippen molar-refractivity contribution < 1.29 is 14.3 Å². The predicted octanol–water partition coefficient (Wildman–Crippen LogP) is 2.13. The Balaban J connectivity index is 1.74. The van der Waals surface area contributed by atoms with Crippen LogP contribution in [0, 0.1) is 0 Å². The molecule has 0 aliphatic carbocycles. The van der Waals surface area contributed by atoms with Gasteiger partial charge in [0.1, 0.15) is 6.61 Å². The van der Waals surface area contributed by atoms with Crippen LogP contribution in [0.15, 0.2) is 23.6 Å². The summed E-state index contributed by atoms with van der Waals surface area (Å²) >= 11 is 1.61. The van der Waals surface area contributed by atoms with Crippen molar-refractivity contribution in [1.82, 2.24) is 10.2 Å². The second-order valence-corrected chi connectivity index (χ2v) is 4.89. The molecular weight excluding hydrogens is 278 g/mol.